The van der Waals surface area contributed by atoms with E-state index in [9.17, 15) is 23.2 Å². The number of benzene rings is 1. The number of H-pyrrole nitrogens is 1. The van der Waals surface area contributed by atoms with E-state index in [0.29, 0.717) is 19.4 Å². The minimum absolute atomic E-state index is 0.00910. The third-order valence-electron chi connectivity index (χ3n) is 4.05. The number of hydroxylamine groups is 1. The van der Waals surface area contributed by atoms with E-state index >= 15 is 0 Å². The number of hydrogen-bond acceptors (Lipinski definition) is 5. The van der Waals surface area contributed by atoms with E-state index in [1.807, 2.05) is 0 Å². The van der Waals surface area contributed by atoms with Crippen LogP contribution in [0.25, 0.3) is 0 Å². The molecule has 9 nitrogen and oxygen atoms in total. The lowest BCUT2D eigenvalue weighted by Gasteiger charge is -2.08. The summed E-state index contributed by atoms with van der Waals surface area (Å²) in [6.07, 6.45) is 4.17. The summed E-state index contributed by atoms with van der Waals surface area (Å²) < 4.78 is 27.4. The number of unbranched alkanes of at least 4 members (excludes halogenated alkanes) is 3. The van der Waals surface area contributed by atoms with E-state index in [-0.39, 0.29) is 17.8 Å². The molecule has 0 saturated carbocycles. The zero-order chi connectivity index (χ0) is 21.2. The molecule has 0 atom stereocenters. The highest BCUT2D eigenvalue weighted by Gasteiger charge is 2.21. The second-order valence-electron chi connectivity index (χ2n) is 6.16. The summed E-state index contributed by atoms with van der Waals surface area (Å²) in [6, 6.07) is 3.05. The van der Waals surface area contributed by atoms with E-state index in [1.54, 1.807) is 5.48 Å². The van der Waals surface area contributed by atoms with Crippen LogP contribution in [0.2, 0.25) is 0 Å². The lowest BCUT2D eigenvalue weighted by Crippen LogP contribution is -2.26. The van der Waals surface area contributed by atoms with Crippen LogP contribution in [0.1, 0.15) is 53.0 Å². The van der Waals surface area contributed by atoms with Crippen LogP contribution in [0.5, 0.6) is 0 Å². The Labute approximate surface area is 164 Å². The van der Waals surface area contributed by atoms with Gasteiger partial charge in [0.2, 0.25) is 5.91 Å². The fourth-order valence-electron chi connectivity index (χ4n) is 2.56. The van der Waals surface area contributed by atoms with E-state index in [1.165, 1.54) is 0 Å². The Morgan fingerprint density at radius 2 is 1.72 bits per heavy atom. The van der Waals surface area contributed by atoms with Crippen LogP contribution in [0, 0.1) is 11.6 Å². The molecule has 0 aliphatic rings. The first-order valence-electron chi connectivity index (χ1n) is 8.94. The molecule has 0 bridgehead atoms. The zero-order valence-electron chi connectivity index (χ0n) is 15.4. The number of anilines is 1. The molecule has 0 aliphatic heterocycles. The van der Waals surface area contributed by atoms with Gasteiger partial charge in [0.15, 0.2) is 0 Å². The monoisotopic (exact) mass is 409 g/mol. The van der Waals surface area contributed by atoms with Gasteiger partial charge in [0.05, 0.1) is 11.9 Å². The van der Waals surface area contributed by atoms with Crippen molar-refractivity contribution in [2.24, 2.45) is 0 Å². The van der Waals surface area contributed by atoms with Crippen molar-refractivity contribution < 1.29 is 28.4 Å². The molecule has 0 fully saturated rings. The lowest BCUT2D eigenvalue weighted by molar-refractivity contribution is -0.129. The maximum atomic E-state index is 13.7. The normalized spacial score (nSPS) is 10.4. The molecule has 2 rings (SSSR count). The van der Waals surface area contributed by atoms with Gasteiger partial charge in [0.25, 0.3) is 11.8 Å². The van der Waals surface area contributed by atoms with Gasteiger partial charge in [-0.25, -0.2) is 14.3 Å². The minimum atomic E-state index is -1.04. The molecule has 1 aromatic heterocycles. The van der Waals surface area contributed by atoms with E-state index in [4.69, 9.17) is 5.21 Å². The Hall–Kier alpha value is -3.34. The predicted octanol–water partition coefficient (Wildman–Crippen LogP) is 2.13. The van der Waals surface area contributed by atoms with Gasteiger partial charge in [-0.05, 0) is 25.0 Å². The van der Waals surface area contributed by atoms with E-state index in [0.717, 1.165) is 37.2 Å². The maximum absolute atomic E-state index is 13.7. The number of carbonyl (C=O) groups excluding carboxylic acids is 3. The molecule has 1 aromatic carbocycles. The van der Waals surface area contributed by atoms with Crippen molar-refractivity contribution in [3.63, 3.8) is 0 Å². The SMILES string of the molecule is O=C(CCCCCCNC(=O)c1[nH]ncc1NC(=O)c1c(F)cccc1F)NO. The fraction of sp³-hybridized carbons (Fsp3) is 0.333. The first kappa shape index (κ1) is 22.0. The van der Waals surface area contributed by atoms with Crippen LogP contribution in [0.3, 0.4) is 0 Å². The Kier molecular flexibility index (Phi) is 8.22. The van der Waals surface area contributed by atoms with Crippen LogP contribution in [0.4, 0.5) is 14.5 Å². The highest BCUT2D eigenvalue weighted by molar-refractivity contribution is 6.08. The number of aromatic amines is 1. The largest absolute Gasteiger partial charge is 0.351 e. The summed E-state index contributed by atoms with van der Waals surface area (Å²) in [5.74, 6) is -4.06. The molecule has 5 N–H and O–H groups in total. The summed E-state index contributed by atoms with van der Waals surface area (Å²) in [4.78, 5) is 35.2. The summed E-state index contributed by atoms with van der Waals surface area (Å²) in [6.45, 7) is 0.347. The van der Waals surface area contributed by atoms with Gasteiger partial charge in [-0.15, -0.1) is 0 Å². The summed E-state index contributed by atoms with van der Waals surface area (Å²) >= 11 is 0. The minimum Gasteiger partial charge on any atom is -0.351 e. The Balaban J connectivity index is 1.82. The van der Waals surface area contributed by atoms with Gasteiger partial charge in [-0.1, -0.05) is 18.9 Å². The van der Waals surface area contributed by atoms with Crippen molar-refractivity contribution in [2.75, 3.05) is 11.9 Å². The van der Waals surface area contributed by atoms with Crippen molar-refractivity contribution in [3.8, 4) is 0 Å². The molecule has 0 saturated heterocycles. The highest BCUT2D eigenvalue weighted by atomic mass is 19.1. The van der Waals surface area contributed by atoms with Gasteiger partial charge in [-0.2, -0.15) is 5.10 Å². The molecule has 156 valence electrons. The molecule has 0 radical (unpaired) electrons. The number of amides is 3. The number of rotatable bonds is 10. The fourth-order valence-corrected chi connectivity index (χ4v) is 2.56. The zero-order valence-corrected chi connectivity index (χ0v) is 15.4. The van der Waals surface area contributed by atoms with Gasteiger partial charge in [0, 0.05) is 13.0 Å². The van der Waals surface area contributed by atoms with Gasteiger partial charge in [-0.3, -0.25) is 24.7 Å². The molecule has 29 heavy (non-hydrogen) atoms. The molecule has 1 heterocycles. The standard InChI is InChI=1S/C18H21F2N5O4/c19-11-6-5-7-12(20)15(11)17(27)23-13-10-22-24-16(13)18(28)21-9-4-2-1-3-8-14(26)25-29/h5-7,10,29H,1-4,8-9H2,(H,21,28)(H,22,24)(H,23,27)(H,25,26). The first-order chi connectivity index (χ1) is 13.9. The molecule has 2 aromatic rings. The number of aromatic nitrogens is 2. The quantitative estimate of drug-likeness (QED) is 0.233. The van der Waals surface area contributed by atoms with Crippen LogP contribution in [-0.2, 0) is 4.79 Å². The number of nitrogens with zero attached hydrogens (tertiary/aromatic N) is 1. The first-order valence-corrected chi connectivity index (χ1v) is 8.94. The average molecular weight is 409 g/mol. The van der Waals surface area contributed by atoms with Crippen molar-refractivity contribution in [1.29, 1.82) is 0 Å². The highest BCUT2D eigenvalue weighted by Crippen LogP contribution is 2.17. The molecular formula is C18H21F2N5O4. The molecule has 0 aliphatic carbocycles. The molecule has 0 spiro atoms. The Morgan fingerprint density at radius 1 is 1.03 bits per heavy atom. The summed E-state index contributed by atoms with van der Waals surface area (Å²) in [7, 11) is 0. The van der Waals surface area contributed by atoms with Crippen molar-refractivity contribution in [3.05, 3.63) is 47.3 Å². The Morgan fingerprint density at radius 3 is 2.41 bits per heavy atom. The number of nitrogens with one attached hydrogen (secondary N) is 4. The van der Waals surface area contributed by atoms with Crippen LogP contribution < -0.4 is 16.1 Å². The second kappa shape index (κ2) is 10.9. The van der Waals surface area contributed by atoms with Gasteiger partial charge < -0.3 is 10.6 Å². The van der Waals surface area contributed by atoms with Crippen molar-refractivity contribution in [2.45, 2.75) is 32.1 Å². The smallest absolute Gasteiger partial charge is 0.271 e. The van der Waals surface area contributed by atoms with Crippen LogP contribution in [-0.4, -0.2) is 39.7 Å². The number of hydrogen-bond donors (Lipinski definition) is 5. The molecule has 3 amide bonds. The van der Waals surface area contributed by atoms with Crippen LogP contribution >= 0.6 is 0 Å². The molecule has 11 heteroatoms. The van der Waals surface area contributed by atoms with E-state index < -0.39 is 34.9 Å². The van der Waals surface area contributed by atoms with E-state index in [2.05, 4.69) is 20.8 Å². The van der Waals surface area contributed by atoms with Gasteiger partial charge >= 0.3 is 0 Å². The van der Waals surface area contributed by atoms with Crippen molar-refractivity contribution >= 4 is 23.4 Å². The predicted molar refractivity (Wildman–Crippen MR) is 98.2 cm³/mol. The topological polar surface area (TPSA) is 136 Å². The van der Waals surface area contributed by atoms with Crippen LogP contribution in [0.15, 0.2) is 24.4 Å². The number of halogens is 2. The second-order valence-corrected chi connectivity index (χ2v) is 6.16. The summed E-state index contributed by atoms with van der Waals surface area (Å²) in [5, 5.41) is 19.4. The summed E-state index contributed by atoms with van der Waals surface area (Å²) in [5.41, 5.74) is 0.746. The average Bonchev–Trinajstić information content (AvgIpc) is 3.14. The number of carbonyl (C=O) groups is 3. The lowest BCUT2D eigenvalue weighted by atomic mass is 10.1. The third kappa shape index (κ3) is 6.35. The maximum Gasteiger partial charge on any atom is 0.271 e. The van der Waals surface area contributed by atoms with Gasteiger partial charge in [0.1, 0.15) is 22.9 Å². The Bertz CT molecular complexity index is 851. The molecule has 0 unspecified atom stereocenters. The molecular weight excluding hydrogens is 388 g/mol. The van der Waals surface area contributed by atoms with Crippen molar-refractivity contribution in [1.82, 2.24) is 21.0 Å². The third-order valence-corrected chi connectivity index (χ3v) is 4.05.